The lowest BCUT2D eigenvalue weighted by Crippen LogP contribution is -2.63. The number of ketones is 1. The first kappa shape index (κ1) is 16.3. The van der Waals surface area contributed by atoms with Gasteiger partial charge in [-0.25, -0.2) is 4.79 Å². The van der Waals surface area contributed by atoms with Gasteiger partial charge >= 0.3 is 6.03 Å². The van der Waals surface area contributed by atoms with Crippen molar-refractivity contribution in [3.63, 3.8) is 0 Å². The second-order valence-electron chi connectivity index (χ2n) is 6.73. The molecule has 4 atom stereocenters. The highest BCUT2D eigenvalue weighted by Crippen LogP contribution is 2.50. The highest BCUT2D eigenvalue weighted by Gasteiger charge is 2.65. The molecular formula is C20H19N3O3. The lowest BCUT2D eigenvalue weighted by molar-refractivity contribution is -0.141. The van der Waals surface area contributed by atoms with Gasteiger partial charge in [0.15, 0.2) is 11.2 Å². The number of nitrogens with one attached hydrogen (secondary N) is 3. The van der Waals surface area contributed by atoms with Gasteiger partial charge in [-0.15, -0.1) is 0 Å². The van der Waals surface area contributed by atoms with Crippen LogP contribution in [0.3, 0.4) is 0 Å². The molecule has 6 nitrogen and oxygen atoms in total. The first-order valence-electron chi connectivity index (χ1n) is 8.57. The zero-order valence-electron chi connectivity index (χ0n) is 14.2. The Kier molecular flexibility index (Phi) is 3.76. The molecule has 6 heteroatoms. The smallest absolute Gasteiger partial charge is 0.315 e. The summed E-state index contributed by atoms with van der Waals surface area (Å²) in [5, 5.41) is 8.39. The van der Waals surface area contributed by atoms with E-state index in [-0.39, 0.29) is 11.7 Å². The third-order valence-electron chi connectivity index (χ3n) is 5.25. The third kappa shape index (κ3) is 2.22. The number of hydrogen-bond acceptors (Lipinski definition) is 3. The molecular weight excluding hydrogens is 330 g/mol. The molecule has 2 aliphatic heterocycles. The Bertz CT molecular complexity index is 815. The molecule has 132 valence electrons. The monoisotopic (exact) mass is 349 g/mol. The molecule has 4 rings (SSSR count). The molecule has 0 radical (unpaired) electrons. The Balaban J connectivity index is 1.95. The van der Waals surface area contributed by atoms with Gasteiger partial charge in [0.1, 0.15) is 0 Å². The van der Waals surface area contributed by atoms with Crippen LogP contribution in [-0.4, -0.2) is 23.8 Å². The summed E-state index contributed by atoms with van der Waals surface area (Å²) in [7, 11) is 0. The van der Waals surface area contributed by atoms with Crippen LogP contribution in [0.4, 0.5) is 4.79 Å². The predicted molar refractivity (Wildman–Crippen MR) is 95.1 cm³/mol. The Morgan fingerprint density at radius 3 is 1.58 bits per heavy atom. The number of Topliss-reactive ketones (excluding diaryl/α,β-unsaturated/α-hetero) is 1. The van der Waals surface area contributed by atoms with E-state index in [9.17, 15) is 14.4 Å². The number of rotatable bonds is 2. The molecule has 0 aliphatic carbocycles. The number of hydrogen-bond donors (Lipinski definition) is 3. The van der Waals surface area contributed by atoms with Gasteiger partial charge in [0.25, 0.3) is 0 Å². The fourth-order valence-corrected chi connectivity index (χ4v) is 4.08. The van der Waals surface area contributed by atoms with Crippen molar-refractivity contribution in [2.45, 2.75) is 25.0 Å². The van der Waals surface area contributed by atoms with Crippen molar-refractivity contribution in [2.24, 2.45) is 5.41 Å². The minimum absolute atomic E-state index is 0.224. The molecule has 2 heterocycles. The third-order valence-corrected chi connectivity index (χ3v) is 5.25. The molecule has 3 N–H and O–H groups in total. The van der Waals surface area contributed by atoms with Gasteiger partial charge in [-0.3, -0.25) is 9.59 Å². The van der Waals surface area contributed by atoms with Crippen LogP contribution >= 0.6 is 0 Å². The average Bonchev–Trinajstić information content (AvgIpc) is 2.89. The van der Waals surface area contributed by atoms with Crippen molar-refractivity contribution < 1.29 is 14.4 Å². The van der Waals surface area contributed by atoms with E-state index in [1.165, 1.54) is 0 Å². The van der Waals surface area contributed by atoms with Crippen LogP contribution < -0.4 is 16.0 Å². The maximum Gasteiger partial charge on any atom is 0.315 e. The van der Waals surface area contributed by atoms with Gasteiger partial charge in [-0.2, -0.15) is 0 Å². The standard InChI is InChI=1S/C20H19N3O3/c1-12-17(24)20(18(25)21-12)15(13-8-4-2-5-9-13)22-19(26)23-16(20)14-10-6-3-7-11-14/h2-12,15-16H,1H3,(H,21,25)(H2,22,23,26)/t12-,15-,16+,20?/m0/s1. The summed E-state index contributed by atoms with van der Waals surface area (Å²) in [4.78, 5) is 38.8. The van der Waals surface area contributed by atoms with E-state index < -0.39 is 29.6 Å². The van der Waals surface area contributed by atoms with E-state index in [2.05, 4.69) is 16.0 Å². The van der Waals surface area contributed by atoms with Crippen molar-refractivity contribution in [3.8, 4) is 0 Å². The molecule has 2 fully saturated rings. The summed E-state index contributed by atoms with van der Waals surface area (Å²) in [6, 6.07) is 15.8. The summed E-state index contributed by atoms with van der Waals surface area (Å²) < 4.78 is 0. The number of amides is 3. The lowest BCUT2D eigenvalue weighted by Gasteiger charge is -2.45. The number of urea groups is 1. The largest absolute Gasteiger partial charge is 0.346 e. The molecule has 0 bridgehead atoms. The summed E-state index contributed by atoms with van der Waals surface area (Å²) in [5.74, 6) is -0.595. The van der Waals surface area contributed by atoms with Crippen LogP contribution in [0.5, 0.6) is 0 Å². The van der Waals surface area contributed by atoms with E-state index in [0.717, 1.165) is 11.1 Å². The van der Waals surface area contributed by atoms with Crippen molar-refractivity contribution >= 4 is 17.7 Å². The minimum atomic E-state index is -1.45. The topological polar surface area (TPSA) is 87.3 Å². The first-order valence-corrected chi connectivity index (χ1v) is 8.57. The van der Waals surface area contributed by atoms with Crippen LogP contribution in [0, 0.1) is 5.41 Å². The van der Waals surface area contributed by atoms with Crippen molar-refractivity contribution in [3.05, 3.63) is 71.8 Å². The molecule has 26 heavy (non-hydrogen) atoms. The molecule has 2 saturated heterocycles. The molecule has 3 amide bonds. The summed E-state index contributed by atoms with van der Waals surface area (Å²) in [6.45, 7) is 1.68. The highest BCUT2D eigenvalue weighted by molar-refractivity contribution is 6.17. The van der Waals surface area contributed by atoms with Gasteiger partial charge in [0.2, 0.25) is 5.91 Å². The Morgan fingerprint density at radius 1 is 0.731 bits per heavy atom. The maximum atomic E-state index is 13.3. The van der Waals surface area contributed by atoms with Crippen LogP contribution in [0.1, 0.15) is 30.1 Å². The summed E-state index contributed by atoms with van der Waals surface area (Å²) in [6.07, 6.45) is 0. The average molecular weight is 349 g/mol. The van der Waals surface area contributed by atoms with E-state index in [1.807, 2.05) is 60.7 Å². The molecule has 2 aliphatic rings. The number of benzene rings is 2. The number of carbonyl (C=O) groups excluding carboxylic acids is 3. The predicted octanol–water partition coefficient (Wildman–Crippen LogP) is 1.86. The van der Waals surface area contributed by atoms with Gasteiger partial charge in [0, 0.05) is 0 Å². The molecule has 2 aromatic rings. The summed E-state index contributed by atoms with van der Waals surface area (Å²) >= 11 is 0. The van der Waals surface area contributed by atoms with Crippen LogP contribution in [0.15, 0.2) is 60.7 Å². The van der Waals surface area contributed by atoms with Crippen LogP contribution in [0.25, 0.3) is 0 Å². The maximum absolute atomic E-state index is 13.3. The van der Waals surface area contributed by atoms with E-state index in [4.69, 9.17) is 0 Å². The fourth-order valence-electron chi connectivity index (χ4n) is 4.08. The molecule has 0 saturated carbocycles. The summed E-state index contributed by atoms with van der Waals surface area (Å²) in [5.41, 5.74) is -0.00230. The van der Waals surface area contributed by atoms with Crippen molar-refractivity contribution in [1.82, 2.24) is 16.0 Å². The molecule has 1 unspecified atom stereocenters. The van der Waals surface area contributed by atoms with Crippen molar-refractivity contribution in [1.29, 1.82) is 0 Å². The number of carbonyl (C=O) groups is 3. The Hall–Kier alpha value is -3.15. The van der Waals surface area contributed by atoms with E-state index >= 15 is 0 Å². The zero-order chi connectivity index (χ0) is 18.3. The Morgan fingerprint density at radius 2 is 1.19 bits per heavy atom. The van der Waals surface area contributed by atoms with Crippen molar-refractivity contribution in [2.75, 3.05) is 0 Å². The minimum Gasteiger partial charge on any atom is -0.346 e. The van der Waals surface area contributed by atoms with Gasteiger partial charge < -0.3 is 16.0 Å². The van der Waals surface area contributed by atoms with Crippen LogP contribution in [0.2, 0.25) is 0 Å². The van der Waals surface area contributed by atoms with Gasteiger partial charge in [-0.05, 0) is 18.1 Å². The molecule has 0 aromatic heterocycles. The normalized spacial score (nSPS) is 30.7. The quantitative estimate of drug-likeness (QED) is 0.723. The van der Waals surface area contributed by atoms with Gasteiger partial charge in [0.05, 0.1) is 18.1 Å². The van der Waals surface area contributed by atoms with E-state index in [1.54, 1.807) is 6.92 Å². The molecule has 2 aromatic carbocycles. The highest BCUT2D eigenvalue weighted by atomic mass is 16.2. The fraction of sp³-hybridized carbons (Fsp3) is 0.250. The van der Waals surface area contributed by atoms with E-state index in [0.29, 0.717) is 0 Å². The molecule has 1 spiro atoms. The second-order valence-corrected chi connectivity index (χ2v) is 6.73. The second kappa shape index (κ2) is 5.98. The lowest BCUT2D eigenvalue weighted by atomic mass is 9.65. The van der Waals surface area contributed by atoms with Crippen LogP contribution in [-0.2, 0) is 9.59 Å². The Labute approximate surface area is 151 Å². The van der Waals surface area contributed by atoms with Gasteiger partial charge in [-0.1, -0.05) is 60.7 Å². The SMILES string of the molecule is C[C@@H]1NC(=O)C2(C1=O)[C@@H](c1ccccc1)NC(=O)N[C@H]2c1ccccc1. The first-order chi connectivity index (χ1) is 12.5. The zero-order valence-corrected chi connectivity index (χ0v) is 14.2.